The highest BCUT2D eigenvalue weighted by Gasteiger charge is 2.45. The van der Waals surface area contributed by atoms with Crippen LogP contribution in [0, 0.1) is 11.6 Å². The van der Waals surface area contributed by atoms with Crippen molar-refractivity contribution in [3.05, 3.63) is 35.4 Å². The molecular weight excluding hydrogens is 392 g/mol. The molecule has 3 aliphatic rings. The molecule has 0 saturated carbocycles. The summed E-state index contributed by atoms with van der Waals surface area (Å²) < 4.78 is 32.1. The van der Waals surface area contributed by atoms with Gasteiger partial charge in [-0.3, -0.25) is 9.69 Å². The van der Waals surface area contributed by atoms with E-state index >= 15 is 0 Å². The van der Waals surface area contributed by atoms with Crippen LogP contribution in [-0.2, 0) is 4.74 Å². The number of likely N-dealkylation sites (tertiary alicyclic amines) is 1. The molecule has 0 aliphatic carbocycles. The van der Waals surface area contributed by atoms with Crippen LogP contribution in [0.25, 0.3) is 0 Å². The van der Waals surface area contributed by atoms with Crippen molar-refractivity contribution in [2.45, 2.75) is 69.6 Å². The molecule has 3 fully saturated rings. The van der Waals surface area contributed by atoms with E-state index in [1.807, 2.05) is 11.8 Å². The number of nitrogens with one attached hydrogen (secondary N) is 1. The molecule has 2 unspecified atom stereocenters. The van der Waals surface area contributed by atoms with E-state index in [1.54, 1.807) is 0 Å². The largest absolute Gasteiger partial charge is 0.450 e. The van der Waals surface area contributed by atoms with Gasteiger partial charge < -0.3 is 15.0 Å². The van der Waals surface area contributed by atoms with E-state index in [2.05, 4.69) is 10.2 Å². The van der Waals surface area contributed by atoms with Crippen LogP contribution in [-0.4, -0.2) is 65.7 Å². The zero-order valence-corrected chi connectivity index (χ0v) is 17.3. The van der Waals surface area contributed by atoms with E-state index < -0.39 is 17.5 Å². The third kappa shape index (κ3) is 4.43. The summed E-state index contributed by atoms with van der Waals surface area (Å²) in [5, 5.41) is 2.94. The molecule has 4 rings (SSSR count). The Hall–Kier alpha value is -2.22. The van der Waals surface area contributed by atoms with Gasteiger partial charge in [0.25, 0.3) is 5.91 Å². The van der Waals surface area contributed by atoms with Crippen LogP contribution in [0.3, 0.4) is 0 Å². The number of rotatable bonds is 4. The highest BCUT2D eigenvalue weighted by Crippen LogP contribution is 2.38. The number of hydrogen-bond donors (Lipinski definition) is 1. The summed E-state index contributed by atoms with van der Waals surface area (Å²) in [6, 6.07) is 3.63. The maximum atomic E-state index is 13.4. The van der Waals surface area contributed by atoms with Crippen molar-refractivity contribution in [1.82, 2.24) is 15.1 Å². The molecule has 3 saturated heterocycles. The maximum Gasteiger partial charge on any atom is 0.410 e. The lowest BCUT2D eigenvalue weighted by molar-refractivity contribution is 0.0309. The molecule has 6 nitrogen and oxygen atoms in total. The van der Waals surface area contributed by atoms with E-state index in [-0.39, 0.29) is 29.8 Å². The molecule has 3 aliphatic heterocycles. The van der Waals surface area contributed by atoms with Gasteiger partial charge in [0.15, 0.2) is 0 Å². The van der Waals surface area contributed by atoms with Crippen molar-refractivity contribution in [2.75, 3.05) is 19.7 Å². The van der Waals surface area contributed by atoms with E-state index in [0.717, 1.165) is 63.3 Å². The Morgan fingerprint density at radius 1 is 1.07 bits per heavy atom. The average Bonchev–Trinajstić information content (AvgIpc) is 2.97. The fraction of sp³-hybridized carbons (Fsp3) is 0.636. The average molecular weight is 421 g/mol. The second-order valence-electron chi connectivity index (χ2n) is 8.58. The minimum Gasteiger partial charge on any atom is -0.450 e. The van der Waals surface area contributed by atoms with Gasteiger partial charge in [0.2, 0.25) is 0 Å². The predicted octanol–water partition coefficient (Wildman–Crippen LogP) is 3.31. The minimum atomic E-state index is -0.755. The fourth-order valence-electron chi connectivity index (χ4n) is 5.35. The molecule has 0 radical (unpaired) electrons. The third-order valence-electron chi connectivity index (χ3n) is 6.62. The first-order valence-electron chi connectivity index (χ1n) is 10.9. The SMILES string of the molecule is CCOC(=O)N1C2CCC1CC(N1CCC[C@@H](NC(=O)c3cc(F)cc(F)c3)C1)C2. The first-order valence-corrected chi connectivity index (χ1v) is 10.9. The first kappa shape index (κ1) is 21.0. The summed E-state index contributed by atoms with van der Waals surface area (Å²) >= 11 is 0. The molecule has 2 bridgehead atoms. The normalized spacial score (nSPS) is 29.0. The Morgan fingerprint density at radius 2 is 1.73 bits per heavy atom. The topological polar surface area (TPSA) is 61.9 Å². The number of nitrogens with zero attached hydrogens (tertiary/aromatic N) is 2. The van der Waals surface area contributed by atoms with Gasteiger partial charge in [-0.1, -0.05) is 0 Å². The van der Waals surface area contributed by atoms with Crippen LogP contribution in [0.4, 0.5) is 13.6 Å². The summed E-state index contributed by atoms with van der Waals surface area (Å²) in [6.45, 7) is 3.89. The highest BCUT2D eigenvalue weighted by molar-refractivity contribution is 5.94. The van der Waals surface area contributed by atoms with Crippen molar-refractivity contribution < 1.29 is 23.1 Å². The van der Waals surface area contributed by atoms with Gasteiger partial charge in [0, 0.05) is 42.3 Å². The third-order valence-corrected chi connectivity index (χ3v) is 6.62. The molecule has 30 heavy (non-hydrogen) atoms. The number of ether oxygens (including phenoxy) is 1. The smallest absolute Gasteiger partial charge is 0.410 e. The molecule has 0 spiro atoms. The lowest BCUT2D eigenvalue weighted by Crippen LogP contribution is -2.56. The quantitative estimate of drug-likeness (QED) is 0.810. The van der Waals surface area contributed by atoms with Gasteiger partial charge in [0.05, 0.1) is 6.61 Å². The van der Waals surface area contributed by atoms with Gasteiger partial charge in [-0.2, -0.15) is 0 Å². The van der Waals surface area contributed by atoms with E-state index in [9.17, 15) is 18.4 Å². The maximum absolute atomic E-state index is 13.4. The fourth-order valence-corrected chi connectivity index (χ4v) is 5.35. The Kier molecular flexibility index (Phi) is 6.22. The summed E-state index contributed by atoms with van der Waals surface area (Å²) in [6.07, 6.45) is 5.47. The van der Waals surface area contributed by atoms with E-state index in [4.69, 9.17) is 4.74 Å². The van der Waals surface area contributed by atoms with Crippen molar-refractivity contribution in [3.8, 4) is 0 Å². The van der Waals surface area contributed by atoms with Crippen LogP contribution >= 0.6 is 0 Å². The number of halogens is 2. The second kappa shape index (κ2) is 8.88. The van der Waals surface area contributed by atoms with Crippen molar-refractivity contribution in [2.24, 2.45) is 0 Å². The zero-order chi connectivity index (χ0) is 21.3. The Bertz CT molecular complexity index is 772. The lowest BCUT2D eigenvalue weighted by atomic mass is 9.93. The minimum absolute atomic E-state index is 0.00501. The van der Waals surface area contributed by atoms with Crippen molar-refractivity contribution >= 4 is 12.0 Å². The monoisotopic (exact) mass is 421 g/mol. The molecule has 3 heterocycles. The molecule has 0 aromatic heterocycles. The van der Waals surface area contributed by atoms with Gasteiger partial charge in [-0.15, -0.1) is 0 Å². The molecule has 3 atom stereocenters. The van der Waals surface area contributed by atoms with Gasteiger partial charge in [-0.05, 0) is 64.1 Å². The molecule has 2 amide bonds. The molecule has 1 N–H and O–H groups in total. The van der Waals surface area contributed by atoms with Gasteiger partial charge >= 0.3 is 6.09 Å². The van der Waals surface area contributed by atoms with Crippen LogP contribution in [0.15, 0.2) is 18.2 Å². The van der Waals surface area contributed by atoms with Gasteiger partial charge in [-0.25, -0.2) is 13.6 Å². The lowest BCUT2D eigenvalue weighted by Gasteiger charge is -2.45. The summed E-state index contributed by atoms with van der Waals surface area (Å²) in [5.74, 6) is -1.96. The Balaban J connectivity index is 1.36. The van der Waals surface area contributed by atoms with Crippen molar-refractivity contribution in [1.29, 1.82) is 0 Å². The molecule has 1 aromatic rings. The number of amides is 2. The second-order valence-corrected chi connectivity index (χ2v) is 8.58. The standard InChI is InChI=1S/C22H29F2N3O3/c1-2-30-22(29)27-18-5-6-19(27)12-20(11-18)26-7-3-4-17(13-26)25-21(28)14-8-15(23)10-16(24)9-14/h8-10,17-20H,2-7,11-13H2,1H3,(H,25,28)/t17-,18?,19?,20?/m1/s1. The van der Waals surface area contributed by atoms with Gasteiger partial charge in [0.1, 0.15) is 11.6 Å². The molecule has 1 aromatic carbocycles. The number of carbonyl (C=O) groups excluding carboxylic acids is 2. The Morgan fingerprint density at radius 3 is 2.37 bits per heavy atom. The summed E-state index contributed by atoms with van der Waals surface area (Å²) in [5.41, 5.74) is 0.00501. The van der Waals surface area contributed by atoms with Crippen LogP contribution < -0.4 is 5.32 Å². The van der Waals surface area contributed by atoms with Crippen LogP contribution in [0.1, 0.15) is 55.8 Å². The Labute approximate surface area is 175 Å². The molecule has 164 valence electrons. The predicted molar refractivity (Wildman–Crippen MR) is 107 cm³/mol. The van der Waals surface area contributed by atoms with Crippen LogP contribution in [0.2, 0.25) is 0 Å². The number of hydrogen-bond acceptors (Lipinski definition) is 4. The summed E-state index contributed by atoms with van der Waals surface area (Å²) in [4.78, 5) is 29.1. The number of carbonyl (C=O) groups is 2. The highest BCUT2D eigenvalue weighted by atomic mass is 19.1. The first-order chi connectivity index (χ1) is 14.4. The van der Waals surface area contributed by atoms with E-state index in [1.165, 1.54) is 0 Å². The van der Waals surface area contributed by atoms with Crippen molar-refractivity contribution in [3.63, 3.8) is 0 Å². The van der Waals surface area contributed by atoms with E-state index in [0.29, 0.717) is 19.2 Å². The number of fused-ring (bicyclic) bond motifs is 2. The van der Waals surface area contributed by atoms with Crippen LogP contribution in [0.5, 0.6) is 0 Å². The summed E-state index contributed by atoms with van der Waals surface area (Å²) in [7, 11) is 0. The molecular formula is C22H29F2N3O3. The zero-order valence-electron chi connectivity index (χ0n) is 17.3. The molecule has 8 heteroatoms. The number of piperidine rings is 2. The number of benzene rings is 1.